The van der Waals surface area contributed by atoms with Gasteiger partial charge < -0.3 is 15.0 Å². The number of ether oxygens (including phenoxy) is 1. The molecule has 1 aliphatic rings. The lowest BCUT2D eigenvalue weighted by molar-refractivity contribution is -0.125. The molecule has 5 nitrogen and oxygen atoms in total. The Labute approximate surface area is 147 Å². The molecule has 0 saturated heterocycles. The monoisotopic (exact) mass is 338 g/mol. The van der Waals surface area contributed by atoms with E-state index in [-0.39, 0.29) is 24.3 Å². The van der Waals surface area contributed by atoms with E-state index in [2.05, 4.69) is 5.32 Å². The Bertz CT molecular complexity index is 769. The molecule has 25 heavy (non-hydrogen) atoms. The van der Waals surface area contributed by atoms with E-state index in [9.17, 15) is 9.59 Å². The van der Waals surface area contributed by atoms with Gasteiger partial charge in [0, 0.05) is 17.9 Å². The Morgan fingerprint density at radius 2 is 1.84 bits per heavy atom. The summed E-state index contributed by atoms with van der Waals surface area (Å²) in [5.41, 5.74) is 2.71. The first-order valence-corrected chi connectivity index (χ1v) is 8.48. The summed E-state index contributed by atoms with van der Waals surface area (Å²) in [5, 5.41) is 2.76. The fourth-order valence-electron chi connectivity index (χ4n) is 2.92. The van der Waals surface area contributed by atoms with Gasteiger partial charge in [0.25, 0.3) is 0 Å². The summed E-state index contributed by atoms with van der Waals surface area (Å²) in [7, 11) is 0. The van der Waals surface area contributed by atoms with Crippen molar-refractivity contribution in [3.8, 4) is 5.75 Å². The van der Waals surface area contributed by atoms with E-state index in [4.69, 9.17) is 4.74 Å². The molecular formula is C20H22N2O3. The average Bonchev–Trinajstić information content (AvgIpc) is 3.00. The summed E-state index contributed by atoms with van der Waals surface area (Å²) in [6, 6.07) is 14.9. The molecule has 2 amide bonds. The van der Waals surface area contributed by atoms with Crippen LogP contribution in [0.2, 0.25) is 0 Å². The van der Waals surface area contributed by atoms with Crippen LogP contribution in [0.4, 0.5) is 11.4 Å². The van der Waals surface area contributed by atoms with Crippen LogP contribution >= 0.6 is 0 Å². The molecular weight excluding hydrogens is 316 g/mol. The van der Waals surface area contributed by atoms with Crippen molar-refractivity contribution in [2.24, 2.45) is 0 Å². The number of para-hydroxylation sites is 1. The molecule has 0 spiro atoms. The molecule has 1 aliphatic heterocycles. The molecule has 1 N–H and O–H groups in total. The fourth-order valence-corrected chi connectivity index (χ4v) is 2.92. The number of carbonyl (C=O) groups excluding carboxylic acids is 2. The molecule has 0 saturated carbocycles. The molecule has 2 aromatic carbocycles. The minimum Gasteiger partial charge on any atom is -0.491 e. The van der Waals surface area contributed by atoms with E-state index in [1.54, 1.807) is 29.2 Å². The van der Waals surface area contributed by atoms with Crippen LogP contribution in [0.25, 0.3) is 0 Å². The Balaban J connectivity index is 1.57. The normalized spacial score (nSPS) is 12.8. The van der Waals surface area contributed by atoms with Gasteiger partial charge in [0.05, 0.1) is 6.10 Å². The zero-order valence-corrected chi connectivity index (χ0v) is 14.5. The molecule has 0 aromatic heterocycles. The van der Waals surface area contributed by atoms with E-state index in [1.807, 2.05) is 38.1 Å². The summed E-state index contributed by atoms with van der Waals surface area (Å²) >= 11 is 0. The standard InChI is InChI=1S/C20H22N2O3/c1-14(2)25-17-9-7-16(8-10-17)21-19(23)13-20(24)22-12-11-15-5-3-4-6-18(15)22/h3-10,14H,11-13H2,1-2H3,(H,21,23). The number of anilines is 2. The molecule has 0 fully saturated rings. The van der Waals surface area contributed by atoms with Crippen molar-refractivity contribution in [3.05, 3.63) is 54.1 Å². The topological polar surface area (TPSA) is 58.6 Å². The van der Waals surface area contributed by atoms with Gasteiger partial charge in [0.15, 0.2) is 0 Å². The van der Waals surface area contributed by atoms with Crippen molar-refractivity contribution < 1.29 is 14.3 Å². The number of nitrogens with one attached hydrogen (secondary N) is 1. The summed E-state index contributed by atoms with van der Waals surface area (Å²) in [4.78, 5) is 26.3. The minimum absolute atomic E-state index is 0.0985. The van der Waals surface area contributed by atoms with E-state index in [0.717, 1.165) is 23.4 Å². The number of fused-ring (bicyclic) bond motifs is 1. The molecule has 3 rings (SSSR count). The number of amides is 2. The van der Waals surface area contributed by atoms with Crippen LogP contribution in [-0.4, -0.2) is 24.5 Å². The third kappa shape index (κ3) is 4.18. The fraction of sp³-hybridized carbons (Fsp3) is 0.300. The van der Waals surface area contributed by atoms with Gasteiger partial charge in [-0.2, -0.15) is 0 Å². The molecule has 1 heterocycles. The second-order valence-electron chi connectivity index (χ2n) is 6.34. The Hall–Kier alpha value is -2.82. The molecule has 0 atom stereocenters. The third-order valence-electron chi connectivity index (χ3n) is 4.01. The molecule has 5 heteroatoms. The summed E-state index contributed by atoms with van der Waals surface area (Å²) in [6.45, 7) is 4.54. The van der Waals surface area contributed by atoms with Crippen LogP contribution in [0.3, 0.4) is 0 Å². The maximum Gasteiger partial charge on any atom is 0.236 e. The van der Waals surface area contributed by atoms with E-state index < -0.39 is 0 Å². The van der Waals surface area contributed by atoms with E-state index in [0.29, 0.717) is 12.2 Å². The highest BCUT2D eigenvalue weighted by Crippen LogP contribution is 2.28. The predicted octanol–water partition coefficient (Wildman–Crippen LogP) is 3.39. The van der Waals surface area contributed by atoms with Gasteiger partial charge in [-0.3, -0.25) is 9.59 Å². The van der Waals surface area contributed by atoms with Crippen LogP contribution in [0.15, 0.2) is 48.5 Å². The highest BCUT2D eigenvalue weighted by Gasteiger charge is 2.25. The van der Waals surface area contributed by atoms with Crippen LogP contribution in [0, 0.1) is 0 Å². The van der Waals surface area contributed by atoms with E-state index in [1.165, 1.54) is 0 Å². The predicted molar refractivity (Wildman–Crippen MR) is 98.0 cm³/mol. The number of hydrogen-bond acceptors (Lipinski definition) is 3. The summed E-state index contributed by atoms with van der Waals surface area (Å²) < 4.78 is 5.57. The Morgan fingerprint density at radius 3 is 2.56 bits per heavy atom. The highest BCUT2D eigenvalue weighted by atomic mass is 16.5. The van der Waals surface area contributed by atoms with Gasteiger partial charge in [-0.25, -0.2) is 0 Å². The number of benzene rings is 2. The molecule has 0 unspecified atom stereocenters. The Kier molecular flexibility index (Phi) is 5.03. The van der Waals surface area contributed by atoms with Crippen LogP contribution < -0.4 is 15.0 Å². The van der Waals surface area contributed by atoms with Gasteiger partial charge in [-0.15, -0.1) is 0 Å². The van der Waals surface area contributed by atoms with Gasteiger partial charge in [0.2, 0.25) is 11.8 Å². The molecule has 0 bridgehead atoms. The lowest BCUT2D eigenvalue weighted by atomic mass is 10.2. The van der Waals surface area contributed by atoms with Crippen molar-refractivity contribution in [2.75, 3.05) is 16.8 Å². The number of hydrogen-bond donors (Lipinski definition) is 1. The van der Waals surface area contributed by atoms with Gasteiger partial charge >= 0.3 is 0 Å². The van der Waals surface area contributed by atoms with Gasteiger partial charge in [-0.05, 0) is 56.2 Å². The number of nitrogens with zero attached hydrogens (tertiary/aromatic N) is 1. The Morgan fingerprint density at radius 1 is 1.12 bits per heavy atom. The third-order valence-corrected chi connectivity index (χ3v) is 4.01. The first kappa shape index (κ1) is 17.0. The first-order chi connectivity index (χ1) is 12.0. The molecule has 0 radical (unpaired) electrons. The zero-order valence-electron chi connectivity index (χ0n) is 14.5. The SMILES string of the molecule is CC(C)Oc1ccc(NC(=O)CC(=O)N2CCc3ccccc32)cc1. The van der Waals surface area contributed by atoms with Crippen molar-refractivity contribution >= 4 is 23.2 Å². The van der Waals surface area contributed by atoms with Crippen molar-refractivity contribution in [2.45, 2.75) is 32.8 Å². The minimum atomic E-state index is -0.313. The van der Waals surface area contributed by atoms with Gasteiger partial charge in [0.1, 0.15) is 12.2 Å². The van der Waals surface area contributed by atoms with Crippen LogP contribution in [-0.2, 0) is 16.0 Å². The van der Waals surface area contributed by atoms with Crippen molar-refractivity contribution in [1.82, 2.24) is 0 Å². The second-order valence-corrected chi connectivity index (χ2v) is 6.34. The second kappa shape index (κ2) is 7.38. The summed E-state index contributed by atoms with van der Waals surface area (Å²) in [5.74, 6) is 0.256. The average molecular weight is 338 g/mol. The molecule has 2 aromatic rings. The quantitative estimate of drug-likeness (QED) is 0.850. The molecule has 0 aliphatic carbocycles. The lowest BCUT2D eigenvalue weighted by Crippen LogP contribution is -2.32. The number of rotatable bonds is 5. The first-order valence-electron chi connectivity index (χ1n) is 8.48. The molecule has 130 valence electrons. The van der Waals surface area contributed by atoms with E-state index >= 15 is 0 Å². The van der Waals surface area contributed by atoms with Crippen molar-refractivity contribution in [3.63, 3.8) is 0 Å². The van der Waals surface area contributed by atoms with Gasteiger partial charge in [-0.1, -0.05) is 18.2 Å². The maximum atomic E-state index is 12.4. The summed E-state index contributed by atoms with van der Waals surface area (Å²) in [6.07, 6.45) is 0.765. The highest BCUT2D eigenvalue weighted by molar-refractivity contribution is 6.09. The number of carbonyl (C=O) groups is 2. The zero-order chi connectivity index (χ0) is 17.8. The largest absolute Gasteiger partial charge is 0.491 e. The van der Waals surface area contributed by atoms with Crippen LogP contribution in [0.1, 0.15) is 25.8 Å². The maximum absolute atomic E-state index is 12.4. The lowest BCUT2D eigenvalue weighted by Gasteiger charge is -2.17. The van der Waals surface area contributed by atoms with Crippen molar-refractivity contribution in [1.29, 1.82) is 0 Å². The van der Waals surface area contributed by atoms with Crippen LogP contribution in [0.5, 0.6) is 5.75 Å². The smallest absolute Gasteiger partial charge is 0.236 e.